The first-order chi connectivity index (χ1) is 8.89. The Kier molecular flexibility index (Phi) is 4.36. The predicted molar refractivity (Wildman–Crippen MR) is 72.9 cm³/mol. The highest BCUT2D eigenvalue weighted by atomic mass is 16.6. The molecule has 5 nitrogen and oxygen atoms in total. The van der Waals surface area contributed by atoms with E-state index >= 15 is 0 Å². The minimum absolute atomic E-state index is 0.186. The third-order valence-corrected chi connectivity index (χ3v) is 3.95. The number of ether oxygens (including phenoxy) is 1. The summed E-state index contributed by atoms with van der Waals surface area (Å²) in [6.07, 6.45) is 1.00. The van der Waals surface area contributed by atoms with Crippen molar-refractivity contribution >= 4 is 6.09 Å². The van der Waals surface area contributed by atoms with Crippen LogP contribution >= 0.6 is 0 Å². The molecule has 19 heavy (non-hydrogen) atoms. The maximum atomic E-state index is 11.8. The summed E-state index contributed by atoms with van der Waals surface area (Å²) in [6.45, 7) is 10.5. The molecule has 0 aliphatic carbocycles. The first-order valence-electron chi connectivity index (χ1n) is 7.20. The van der Waals surface area contributed by atoms with Gasteiger partial charge in [-0.05, 0) is 45.6 Å². The molecule has 2 heterocycles. The molecule has 0 spiro atoms. The lowest BCUT2D eigenvalue weighted by Gasteiger charge is -2.42. The largest absolute Gasteiger partial charge is 0.444 e. The first-order valence-corrected chi connectivity index (χ1v) is 7.20. The van der Waals surface area contributed by atoms with Gasteiger partial charge >= 0.3 is 6.09 Å². The number of nitrogens with zero attached hydrogens (tertiary/aromatic N) is 2. The van der Waals surface area contributed by atoms with Crippen LogP contribution in [-0.2, 0) is 4.74 Å². The standard InChI is InChI=1S/C14H26N2O3/c1-14(2,3)19-13(18)16-9-12(10-16)11-4-5-15(8-11)6-7-17/h11-12,17H,4-10H2,1-3H3. The summed E-state index contributed by atoms with van der Waals surface area (Å²) >= 11 is 0. The number of β-amino-alcohol motifs (C(OH)–C–C–N with tert-alkyl or cyclic N) is 1. The highest BCUT2D eigenvalue weighted by molar-refractivity contribution is 5.69. The van der Waals surface area contributed by atoms with Gasteiger partial charge in [0.05, 0.1) is 6.61 Å². The molecule has 2 saturated heterocycles. The number of likely N-dealkylation sites (tertiary alicyclic amines) is 2. The fourth-order valence-corrected chi connectivity index (χ4v) is 2.88. The summed E-state index contributed by atoms with van der Waals surface area (Å²) in [5, 5.41) is 8.93. The Morgan fingerprint density at radius 2 is 1.95 bits per heavy atom. The average Bonchev–Trinajstić information content (AvgIpc) is 2.61. The van der Waals surface area contributed by atoms with Crippen LogP contribution in [0.4, 0.5) is 4.79 Å². The number of hydrogen-bond acceptors (Lipinski definition) is 4. The Hall–Kier alpha value is -0.810. The van der Waals surface area contributed by atoms with Crippen molar-refractivity contribution in [3.63, 3.8) is 0 Å². The van der Waals surface area contributed by atoms with Crippen LogP contribution in [0.25, 0.3) is 0 Å². The maximum Gasteiger partial charge on any atom is 0.410 e. The fraction of sp³-hybridized carbons (Fsp3) is 0.929. The Bertz CT molecular complexity index is 321. The summed E-state index contributed by atoms with van der Waals surface area (Å²) in [7, 11) is 0. The quantitative estimate of drug-likeness (QED) is 0.836. The molecule has 2 aliphatic heterocycles. The van der Waals surface area contributed by atoms with E-state index in [9.17, 15) is 4.79 Å². The summed E-state index contributed by atoms with van der Waals surface area (Å²) in [4.78, 5) is 15.9. The predicted octanol–water partition coefficient (Wildman–Crippen LogP) is 1.17. The molecule has 1 atom stereocenters. The normalized spacial score (nSPS) is 25.5. The van der Waals surface area contributed by atoms with Crippen LogP contribution in [-0.4, -0.2) is 65.9 Å². The number of rotatable bonds is 3. The van der Waals surface area contributed by atoms with Gasteiger partial charge < -0.3 is 19.6 Å². The number of amides is 1. The van der Waals surface area contributed by atoms with E-state index in [1.165, 1.54) is 6.42 Å². The third-order valence-electron chi connectivity index (χ3n) is 3.95. The van der Waals surface area contributed by atoms with Crippen LogP contribution < -0.4 is 0 Å². The van der Waals surface area contributed by atoms with Crippen molar-refractivity contribution in [3.8, 4) is 0 Å². The van der Waals surface area contributed by atoms with E-state index in [0.717, 1.165) is 32.7 Å². The van der Waals surface area contributed by atoms with Crippen LogP contribution in [0.1, 0.15) is 27.2 Å². The minimum atomic E-state index is -0.409. The molecule has 110 valence electrons. The van der Waals surface area contributed by atoms with Crippen molar-refractivity contribution in [2.45, 2.75) is 32.8 Å². The minimum Gasteiger partial charge on any atom is -0.444 e. The molecule has 1 amide bonds. The van der Waals surface area contributed by atoms with Gasteiger partial charge in [-0.1, -0.05) is 0 Å². The number of hydrogen-bond donors (Lipinski definition) is 1. The van der Waals surface area contributed by atoms with Crippen molar-refractivity contribution in [3.05, 3.63) is 0 Å². The van der Waals surface area contributed by atoms with Crippen molar-refractivity contribution in [2.24, 2.45) is 11.8 Å². The summed E-state index contributed by atoms with van der Waals surface area (Å²) in [5.74, 6) is 1.28. The van der Waals surface area contributed by atoms with E-state index in [-0.39, 0.29) is 12.7 Å². The zero-order valence-corrected chi connectivity index (χ0v) is 12.3. The van der Waals surface area contributed by atoms with Crippen molar-refractivity contribution in [1.29, 1.82) is 0 Å². The molecule has 1 N–H and O–H groups in total. The molecule has 0 aromatic rings. The molecule has 1 unspecified atom stereocenters. The van der Waals surface area contributed by atoms with Gasteiger partial charge in [-0.15, -0.1) is 0 Å². The average molecular weight is 270 g/mol. The topological polar surface area (TPSA) is 53.0 Å². The van der Waals surface area contributed by atoms with Gasteiger partial charge in [0, 0.05) is 26.2 Å². The Balaban J connectivity index is 1.70. The molecule has 0 aromatic heterocycles. The Morgan fingerprint density at radius 1 is 1.26 bits per heavy atom. The van der Waals surface area contributed by atoms with Gasteiger partial charge in [0.25, 0.3) is 0 Å². The lowest BCUT2D eigenvalue weighted by atomic mass is 9.85. The van der Waals surface area contributed by atoms with Crippen molar-refractivity contribution in [2.75, 3.05) is 39.3 Å². The molecule has 5 heteroatoms. The molecular formula is C14H26N2O3. The van der Waals surface area contributed by atoms with E-state index in [4.69, 9.17) is 9.84 Å². The second kappa shape index (κ2) is 5.67. The molecule has 0 saturated carbocycles. The van der Waals surface area contributed by atoms with Crippen LogP contribution in [0.5, 0.6) is 0 Å². The summed E-state index contributed by atoms with van der Waals surface area (Å²) in [5.41, 5.74) is -0.409. The first kappa shape index (κ1) is 14.6. The third kappa shape index (κ3) is 3.83. The molecule has 2 fully saturated rings. The van der Waals surface area contributed by atoms with Gasteiger partial charge in [-0.3, -0.25) is 0 Å². The van der Waals surface area contributed by atoms with E-state index < -0.39 is 5.60 Å². The highest BCUT2D eigenvalue weighted by Gasteiger charge is 2.40. The monoisotopic (exact) mass is 270 g/mol. The fourth-order valence-electron chi connectivity index (χ4n) is 2.88. The van der Waals surface area contributed by atoms with Crippen LogP contribution in [0.2, 0.25) is 0 Å². The number of carbonyl (C=O) groups excluding carboxylic acids is 1. The summed E-state index contributed by atoms with van der Waals surface area (Å²) < 4.78 is 5.36. The van der Waals surface area contributed by atoms with E-state index in [2.05, 4.69) is 4.90 Å². The molecule has 2 rings (SSSR count). The molecular weight excluding hydrogens is 244 g/mol. The second-order valence-corrected chi connectivity index (χ2v) is 6.72. The molecule has 0 aromatic carbocycles. The van der Waals surface area contributed by atoms with E-state index in [1.54, 1.807) is 4.90 Å². The van der Waals surface area contributed by atoms with Crippen molar-refractivity contribution < 1.29 is 14.6 Å². The van der Waals surface area contributed by atoms with Gasteiger partial charge in [-0.25, -0.2) is 4.79 Å². The van der Waals surface area contributed by atoms with Crippen LogP contribution in [0.3, 0.4) is 0 Å². The van der Waals surface area contributed by atoms with Gasteiger partial charge in [0.2, 0.25) is 0 Å². The smallest absolute Gasteiger partial charge is 0.410 e. The van der Waals surface area contributed by atoms with Gasteiger partial charge in [-0.2, -0.15) is 0 Å². The van der Waals surface area contributed by atoms with E-state index in [1.807, 2.05) is 20.8 Å². The zero-order valence-electron chi connectivity index (χ0n) is 12.3. The lowest BCUT2D eigenvalue weighted by molar-refractivity contribution is -0.0101. The molecule has 2 aliphatic rings. The van der Waals surface area contributed by atoms with Gasteiger partial charge in [0.1, 0.15) is 5.60 Å². The maximum absolute atomic E-state index is 11.8. The number of aliphatic hydroxyl groups excluding tert-OH is 1. The van der Waals surface area contributed by atoms with Gasteiger partial charge in [0.15, 0.2) is 0 Å². The number of carbonyl (C=O) groups is 1. The van der Waals surface area contributed by atoms with Crippen LogP contribution in [0, 0.1) is 11.8 Å². The molecule has 0 radical (unpaired) electrons. The lowest BCUT2D eigenvalue weighted by Crippen LogP contribution is -2.54. The highest BCUT2D eigenvalue weighted by Crippen LogP contribution is 2.31. The van der Waals surface area contributed by atoms with Crippen LogP contribution in [0.15, 0.2) is 0 Å². The molecule has 0 bridgehead atoms. The summed E-state index contributed by atoms with van der Waals surface area (Å²) in [6, 6.07) is 0. The Morgan fingerprint density at radius 3 is 2.53 bits per heavy atom. The Labute approximate surface area is 115 Å². The van der Waals surface area contributed by atoms with Crippen molar-refractivity contribution in [1.82, 2.24) is 9.80 Å². The van der Waals surface area contributed by atoms with E-state index in [0.29, 0.717) is 11.8 Å². The SMILES string of the molecule is CC(C)(C)OC(=O)N1CC(C2CCN(CCO)C2)C1. The number of aliphatic hydroxyl groups is 1. The zero-order chi connectivity index (χ0) is 14.0. The second-order valence-electron chi connectivity index (χ2n) is 6.72.